The van der Waals surface area contributed by atoms with Crippen molar-refractivity contribution >= 4 is 67.1 Å². The number of sulfonamides is 2. The van der Waals surface area contributed by atoms with Gasteiger partial charge in [-0.3, -0.25) is 0 Å². The molecule has 0 radical (unpaired) electrons. The highest BCUT2D eigenvalue weighted by molar-refractivity contribution is 7.98. The molecule has 0 fully saturated rings. The zero-order chi connectivity index (χ0) is 50.6. The van der Waals surface area contributed by atoms with Gasteiger partial charge in [-0.1, -0.05) is 120 Å². The van der Waals surface area contributed by atoms with Crippen LogP contribution in [-0.4, -0.2) is 25.4 Å². The third-order valence-electron chi connectivity index (χ3n) is 14.2. The second-order valence-corrected chi connectivity index (χ2v) is 28.2. The number of benzene rings is 8. The van der Waals surface area contributed by atoms with Gasteiger partial charge in [-0.15, -0.1) is 0 Å². The van der Waals surface area contributed by atoms with Crippen molar-refractivity contribution < 1.29 is 16.8 Å². The molecular weight excluding hydrogens is 1030 g/mol. The van der Waals surface area contributed by atoms with E-state index < -0.39 is 20.0 Å². The summed E-state index contributed by atoms with van der Waals surface area (Å²) in [7, 11) is -8.02. The lowest BCUT2D eigenvalue weighted by atomic mass is 9.95. The van der Waals surface area contributed by atoms with E-state index in [1.165, 1.54) is 33.4 Å². The SMILES string of the molecule is Cc1ccc(S(=O)(=O)N2Cc3cc4cc(c3)-c3cc5cc(c3)CN(S(=O)(=O)c3ccc(C)cc3)Cc3cc6cc(c3)-c3cc(cc(c3)C2)CSCc2cc(cc(c2)-c2cc(cc(c2)CSC5)CSC4)CSC6)cc1. The van der Waals surface area contributed by atoms with Crippen LogP contribution in [0.3, 0.4) is 0 Å². The summed E-state index contributed by atoms with van der Waals surface area (Å²) in [6, 6.07) is 55.2. The van der Waals surface area contributed by atoms with Gasteiger partial charge in [0.25, 0.3) is 0 Å². The molecule has 0 N–H and O–H groups in total. The smallest absolute Gasteiger partial charge is 0.207 e. The van der Waals surface area contributed by atoms with Gasteiger partial charge in [0.1, 0.15) is 0 Å². The van der Waals surface area contributed by atoms with E-state index in [0.717, 1.165) is 101 Å². The van der Waals surface area contributed by atoms with E-state index in [1.807, 2.05) is 85.2 Å². The van der Waals surface area contributed by atoms with Crippen molar-refractivity contribution in [3.8, 4) is 33.4 Å². The molecule has 8 aromatic rings. The second-order valence-electron chi connectivity index (χ2n) is 20.4. The molecule has 0 amide bonds. The topological polar surface area (TPSA) is 74.8 Å². The fourth-order valence-electron chi connectivity index (χ4n) is 10.7. The van der Waals surface area contributed by atoms with E-state index >= 15 is 16.8 Å². The van der Waals surface area contributed by atoms with Crippen LogP contribution in [0, 0.1) is 13.8 Å². The zero-order valence-electron chi connectivity index (χ0n) is 41.5. The lowest BCUT2D eigenvalue weighted by Gasteiger charge is -2.25. The van der Waals surface area contributed by atoms with Crippen molar-refractivity contribution in [2.75, 3.05) is 0 Å². The minimum atomic E-state index is -4.01. The first-order valence-electron chi connectivity index (χ1n) is 25.0. The molecule has 0 atom stereocenters. The van der Waals surface area contributed by atoms with E-state index in [4.69, 9.17) is 0 Å². The highest BCUT2D eigenvalue weighted by Crippen LogP contribution is 2.38. The average Bonchev–Trinajstić information content (AvgIpc) is 3.38. The Morgan fingerprint density at radius 2 is 0.473 bits per heavy atom. The van der Waals surface area contributed by atoms with Crippen LogP contribution in [0.15, 0.2) is 168 Å². The Kier molecular flexibility index (Phi) is 14.0. The largest absolute Gasteiger partial charge is 0.243 e. The predicted molar refractivity (Wildman–Crippen MR) is 311 cm³/mol. The standard InChI is InChI=1S/C62H56N2O4S6/c1-41-3-7-61(8-4-41)73(65,66)63-29-43-11-47-21-55(17-43)57-19-45-13-49(23-57)35-71-39-53-15-51(37-69-33-47)25-59(27-53)60-26-52-16-54(28-60)40-72-36-50-14-46(32-64(31-45)74(67,68)62-9-5-42(2)6-10-62)20-58(24-50)56-18-44(30-63)12-48(22-56)34-70-38-52/h3-28H,29-40H2,1-2H3. The van der Waals surface area contributed by atoms with Gasteiger partial charge in [0.2, 0.25) is 20.0 Å². The number of hydrogen-bond donors (Lipinski definition) is 0. The predicted octanol–water partition coefficient (Wildman–Crippen LogP) is 15.1. The number of rotatable bonds is 4. The van der Waals surface area contributed by atoms with E-state index in [2.05, 4.69) is 109 Å². The molecule has 0 aromatic heterocycles. The zero-order valence-corrected chi connectivity index (χ0v) is 46.4. The van der Waals surface area contributed by atoms with E-state index in [1.54, 1.807) is 32.9 Å². The van der Waals surface area contributed by atoms with Crippen LogP contribution in [0.2, 0.25) is 0 Å². The molecule has 0 saturated carbocycles. The molecule has 12 heteroatoms. The first-order valence-corrected chi connectivity index (χ1v) is 32.5. The van der Waals surface area contributed by atoms with Crippen molar-refractivity contribution in [1.29, 1.82) is 0 Å². The Balaban J connectivity index is 1.15. The van der Waals surface area contributed by atoms with Crippen molar-refractivity contribution in [2.45, 2.75) is 95.8 Å². The quantitative estimate of drug-likeness (QED) is 0.173. The van der Waals surface area contributed by atoms with Crippen LogP contribution in [-0.2, 0) is 92.2 Å². The maximum atomic E-state index is 15.3. The number of thioether (sulfide) groups is 4. The molecule has 5 aliphatic rings. The Hall–Kier alpha value is -5.02. The summed E-state index contributed by atoms with van der Waals surface area (Å²) in [4.78, 5) is 0.535. The molecule has 0 aliphatic carbocycles. The lowest BCUT2D eigenvalue weighted by molar-refractivity contribution is 0.400. The molecule has 6 nitrogen and oxygen atoms in total. The highest BCUT2D eigenvalue weighted by Gasteiger charge is 2.29. The van der Waals surface area contributed by atoms with Gasteiger partial charge in [0, 0.05) is 72.2 Å². The van der Waals surface area contributed by atoms with E-state index in [9.17, 15) is 0 Å². The van der Waals surface area contributed by atoms with Crippen molar-refractivity contribution in [3.63, 3.8) is 0 Å². The molecule has 8 aromatic carbocycles. The number of nitrogens with zero attached hydrogens (tertiary/aromatic N) is 2. The molecule has 18 bridgehead atoms. The van der Waals surface area contributed by atoms with Gasteiger partial charge in [0.15, 0.2) is 0 Å². The Labute approximate surface area is 453 Å². The normalized spacial score (nSPS) is 16.3. The molecule has 13 rings (SSSR count). The molecule has 5 heterocycles. The van der Waals surface area contributed by atoms with Gasteiger partial charge in [-0.2, -0.15) is 55.7 Å². The Morgan fingerprint density at radius 3 is 0.689 bits per heavy atom. The average molecular weight is 1090 g/mol. The van der Waals surface area contributed by atoms with Crippen LogP contribution in [0.1, 0.15) is 77.9 Å². The molecular formula is C62H56N2O4S6. The minimum Gasteiger partial charge on any atom is -0.207 e. The summed E-state index contributed by atoms with van der Waals surface area (Å²) < 4.78 is 64.4. The number of hydrogen-bond acceptors (Lipinski definition) is 8. The summed E-state index contributed by atoms with van der Waals surface area (Å²) in [5.74, 6) is 6.14. The van der Waals surface area contributed by atoms with Crippen molar-refractivity contribution in [1.82, 2.24) is 8.61 Å². The van der Waals surface area contributed by atoms with Crippen LogP contribution in [0.4, 0.5) is 0 Å². The summed E-state index contributed by atoms with van der Waals surface area (Å²) in [6.07, 6.45) is 0. The molecule has 0 saturated heterocycles. The fraction of sp³-hybridized carbons (Fsp3) is 0.226. The number of fused-ring (bicyclic) bond motifs is 12. The Morgan fingerprint density at radius 1 is 0.284 bits per heavy atom. The summed E-state index contributed by atoms with van der Waals surface area (Å²) in [6.45, 7) is 4.57. The molecule has 374 valence electrons. The summed E-state index contributed by atoms with van der Waals surface area (Å²) in [5, 5.41) is 0. The fourth-order valence-corrected chi connectivity index (χ4v) is 17.2. The minimum absolute atomic E-state index is 0.154. The second kappa shape index (κ2) is 20.8. The van der Waals surface area contributed by atoms with Gasteiger partial charge < -0.3 is 0 Å². The molecule has 0 spiro atoms. The van der Waals surface area contributed by atoms with Gasteiger partial charge in [-0.25, -0.2) is 16.8 Å². The summed E-state index contributed by atoms with van der Waals surface area (Å²) >= 11 is 7.51. The monoisotopic (exact) mass is 1080 g/mol. The van der Waals surface area contributed by atoms with Crippen LogP contribution >= 0.6 is 47.0 Å². The van der Waals surface area contributed by atoms with E-state index in [-0.39, 0.29) is 36.0 Å². The van der Waals surface area contributed by atoms with Crippen LogP contribution in [0.25, 0.3) is 33.4 Å². The first kappa shape index (κ1) is 49.8. The lowest BCUT2D eigenvalue weighted by Crippen LogP contribution is -2.30. The van der Waals surface area contributed by atoms with Crippen LogP contribution < -0.4 is 0 Å². The first-order chi connectivity index (χ1) is 35.8. The van der Waals surface area contributed by atoms with Crippen LogP contribution in [0.5, 0.6) is 0 Å². The number of aryl methyl sites for hydroxylation is 2. The van der Waals surface area contributed by atoms with Crippen molar-refractivity contribution in [3.05, 3.63) is 236 Å². The molecule has 74 heavy (non-hydrogen) atoms. The van der Waals surface area contributed by atoms with Gasteiger partial charge in [-0.05, 0) is 163 Å². The Bertz CT molecular complexity index is 3310. The molecule has 0 unspecified atom stereocenters. The van der Waals surface area contributed by atoms with E-state index in [0.29, 0.717) is 23.0 Å². The maximum absolute atomic E-state index is 15.3. The maximum Gasteiger partial charge on any atom is 0.243 e. The third kappa shape index (κ3) is 11.0. The summed E-state index contributed by atoms with van der Waals surface area (Å²) in [5.41, 5.74) is 21.5. The molecule has 5 aliphatic heterocycles. The van der Waals surface area contributed by atoms with Gasteiger partial charge >= 0.3 is 0 Å². The van der Waals surface area contributed by atoms with Crippen molar-refractivity contribution in [2.24, 2.45) is 0 Å². The third-order valence-corrected chi connectivity index (χ3v) is 22.1. The van der Waals surface area contributed by atoms with Gasteiger partial charge in [0.05, 0.1) is 9.79 Å². The highest BCUT2D eigenvalue weighted by atomic mass is 32.2.